The summed E-state index contributed by atoms with van der Waals surface area (Å²) in [6.07, 6.45) is 3.92. The number of nitriles is 1. The Labute approximate surface area is 121 Å². The quantitative estimate of drug-likeness (QED) is 0.912. The van der Waals surface area contributed by atoms with Gasteiger partial charge in [0.2, 0.25) is 0 Å². The molecule has 1 aromatic carbocycles. The topological polar surface area (TPSA) is 45.0 Å². The molecule has 0 aromatic heterocycles. The van der Waals surface area contributed by atoms with Crippen LogP contribution in [0.3, 0.4) is 0 Å². The van der Waals surface area contributed by atoms with Gasteiger partial charge in [0.25, 0.3) is 0 Å². The zero-order valence-electron chi connectivity index (χ0n) is 12.6. The number of nitrogens with one attached hydrogen (secondary N) is 1. The summed E-state index contributed by atoms with van der Waals surface area (Å²) in [5.41, 5.74) is 1.75. The first-order valence-corrected chi connectivity index (χ1v) is 7.46. The van der Waals surface area contributed by atoms with E-state index < -0.39 is 0 Å². The standard InChI is InChI=1S/C17H24N2O/c1-12-5-4-6-16(13(12)2)19-11-14-7-8-17(20-3)15(9-14)10-18/h7-9,12-13,16,19H,4-6,11H2,1-3H3. The number of nitrogens with zero attached hydrogens (tertiary/aromatic N) is 1. The van der Waals surface area contributed by atoms with Crippen LogP contribution in [0.1, 0.15) is 44.2 Å². The highest BCUT2D eigenvalue weighted by Gasteiger charge is 2.26. The fraction of sp³-hybridized carbons (Fsp3) is 0.588. The molecule has 0 amide bonds. The van der Waals surface area contributed by atoms with Crippen molar-refractivity contribution in [2.75, 3.05) is 7.11 Å². The molecule has 0 heterocycles. The Balaban J connectivity index is 1.99. The zero-order chi connectivity index (χ0) is 14.5. The Kier molecular flexibility index (Phi) is 5.03. The van der Waals surface area contributed by atoms with Crippen LogP contribution in [-0.2, 0) is 6.54 Å². The van der Waals surface area contributed by atoms with Crippen molar-refractivity contribution in [3.8, 4) is 11.8 Å². The lowest BCUT2D eigenvalue weighted by molar-refractivity contribution is 0.206. The molecule has 3 heteroatoms. The van der Waals surface area contributed by atoms with Crippen molar-refractivity contribution < 1.29 is 4.74 Å². The lowest BCUT2D eigenvalue weighted by atomic mass is 9.78. The maximum Gasteiger partial charge on any atom is 0.136 e. The van der Waals surface area contributed by atoms with Gasteiger partial charge in [0.15, 0.2) is 0 Å². The third kappa shape index (κ3) is 3.32. The highest BCUT2D eigenvalue weighted by Crippen LogP contribution is 2.29. The molecule has 1 aliphatic carbocycles. The first-order valence-electron chi connectivity index (χ1n) is 7.46. The lowest BCUT2D eigenvalue weighted by Crippen LogP contribution is -2.40. The number of ether oxygens (including phenoxy) is 1. The molecule has 3 nitrogen and oxygen atoms in total. The Morgan fingerprint density at radius 1 is 1.35 bits per heavy atom. The van der Waals surface area contributed by atoms with Crippen LogP contribution in [0.5, 0.6) is 5.75 Å². The fourth-order valence-corrected chi connectivity index (χ4v) is 3.07. The van der Waals surface area contributed by atoms with Crippen LogP contribution in [0.2, 0.25) is 0 Å². The Morgan fingerprint density at radius 3 is 2.85 bits per heavy atom. The minimum absolute atomic E-state index is 0.589. The molecule has 1 fully saturated rings. The number of methoxy groups -OCH3 is 1. The molecule has 108 valence electrons. The number of hydrogen-bond acceptors (Lipinski definition) is 3. The van der Waals surface area contributed by atoms with Crippen molar-refractivity contribution in [3.63, 3.8) is 0 Å². The molecule has 0 spiro atoms. The molecule has 1 N–H and O–H groups in total. The lowest BCUT2D eigenvalue weighted by Gasteiger charge is -2.34. The van der Waals surface area contributed by atoms with Crippen molar-refractivity contribution in [3.05, 3.63) is 29.3 Å². The molecule has 1 aromatic rings. The summed E-state index contributed by atoms with van der Waals surface area (Å²) in [5.74, 6) is 2.17. The summed E-state index contributed by atoms with van der Waals surface area (Å²) in [6, 6.07) is 8.61. The summed E-state index contributed by atoms with van der Waals surface area (Å²) in [4.78, 5) is 0. The third-order valence-electron chi connectivity index (χ3n) is 4.66. The van der Waals surface area contributed by atoms with Gasteiger partial charge in [0.1, 0.15) is 11.8 Å². The largest absolute Gasteiger partial charge is 0.495 e. The van der Waals surface area contributed by atoms with Crippen molar-refractivity contribution in [2.24, 2.45) is 11.8 Å². The van der Waals surface area contributed by atoms with Crippen LogP contribution < -0.4 is 10.1 Å². The number of hydrogen-bond donors (Lipinski definition) is 1. The van der Waals surface area contributed by atoms with E-state index in [1.165, 1.54) is 19.3 Å². The molecular formula is C17H24N2O. The summed E-state index contributed by atoms with van der Waals surface area (Å²) in [7, 11) is 1.60. The van der Waals surface area contributed by atoms with E-state index in [0.29, 0.717) is 17.4 Å². The molecule has 0 radical (unpaired) electrons. The van der Waals surface area contributed by atoms with Crippen LogP contribution >= 0.6 is 0 Å². The van der Waals surface area contributed by atoms with E-state index in [0.717, 1.165) is 23.9 Å². The van der Waals surface area contributed by atoms with Crippen LogP contribution in [0.15, 0.2) is 18.2 Å². The SMILES string of the molecule is COc1ccc(CNC2CCCC(C)C2C)cc1C#N. The molecule has 3 unspecified atom stereocenters. The van der Waals surface area contributed by atoms with Gasteiger partial charge in [-0.25, -0.2) is 0 Å². The van der Waals surface area contributed by atoms with E-state index in [1.54, 1.807) is 7.11 Å². The van der Waals surface area contributed by atoms with Gasteiger partial charge in [-0.05, 0) is 36.0 Å². The van der Waals surface area contributed by atoms with Gasteiger partial charge in [-0.2, -0.15) is 5.26 Å². The minimum Gasteiger partial charge on any atom is -0.495 e. The van der Waals surface area contributed by atoms with E-state index in [2.05, 4.69) is 25.2 Å². The first-order chi connectivity index (χ1) is 9.65. The van der Waals surface area contributed by atoms with Gasteiger partial charge >= 0.3 is 0 Å². The van der Waals surface area contributed by atoms with Gasteiger partial charge in [-0.3, -0.25) is 0 Å². The highest BCUT2D eigenvalue weighted by molar-refractivity contribution is 5.45. The second kappa shape index (κ2) is 6.76. The Bertz CT molecular complexity index is 492. The van der Waals surface area contributed by atoms with Gasteiger partial charge < -0.3 is 10.1 Å². The molecule has 3 atom stereocenters. The minimum atomic E-state index is 0.589. The van der Waals surface area contributed by atoms with Crippen molar-refractivity contribution in [1.82, 2.24) is 5.32 Å². The van der Waals surface area contributed by atoms with Crippen molar-refractivity contribution >= 4 is 0 Å². The molecule has 1 saturated carbocycles. The normalized spacial score (nSPS) is 26.0. The van der Waals surface area contributed by atoms with Gasteiger partial charge in [0, 0.05) is 12.6 Å². The Morgan fingerprint density at radius 2 is 2.15 bits per heavy atom. The van der Waals surface area contributed by atoms with Crippen molar-refractivity contribution in [1.29, 1.82) is 5.26 Å². The number of benzene rings is 1. The highest BCUT2D eigenvalue weighted by atomic mass is 16.5. The summed E-state index contributed by atoms with van der Waals surface area (Å²) < 4.78 is 5.17. The third-order valence-corrected chi connectivity index (χ3v) is 4.66. The van der Waals surface area contributed by atoms with E-state index in [4.69, 9.17) is 10.00 Å². The van der Waals surface area contributed by atoms with Crippen molar-refractivity contribution in [2.45, 2.75) is 45.7 Å². The van der Waals surface area contributed by atoms with Crippen LogP contribution in [0.25, 0.3) is 0 Å². The molecule has 0 bridgehead atoms. The fourth-order valence-electron chi connectivity index (χ4n) is 3.07. The van der Waals surface area contributed by atoms with Gasteiger partial charge in [-0.1, -0.05) is 32.8 Å². The Hall–Kier alpha value is -1.53. The van der Waals surface area contributed by atoms with E-state index in [-0.39, 0.29) is 0 Å². The van der Waals surface area contributed by atoms with Gasteiger partial charge in [0.05, 0.1) is 12.7 Å². The molecule has 1 aliphatic rings. The number of rotatable bonds is 4. The summed E-state index contributed by atoms with van der Waals surface area (Å²) in [6.45, 7) is 5.51. The first kappa shape index (κ1) is 14.9. The second-order valence-electron chi connectivity index (χ2n) is 5.90. The van der Waals surface area contributed by atoms with E-state index >= 15 is 0 Å². The predicted octanol–water partition coefficient (Wildman–Crippen LogP) is 3.48. The average Bonchev–Trinajstić information content (AvgIpc) is 2.48. The maximum atomic E-state index is 9.12. The molecule has 0 aliphatic heterocycles. The summed E-state index contributed by atoms with van der Waals surface area (Å²) >= 11 is 0. The van der Waals surface area contributed by atoms with Crippen LogP contribution in [0.4, 0.5) is 0 Å². The second-order valence-corrected chi connectivity index (χ2v) is 5.90. The average molecular weight is 272 g/mol. The van der Waals surface area contributed by atoms with E-state index in [1.807, 2.05) is 18.2 Å². The van der Waals surface area contributed by atoms with E-state index in [9.17, 15) is 0 Å². The maximum absolute atomic E-state index is 9.12. The van der Waals surface area contributed by atoms with Crippen LogP contribution in [-0.4, -0.2) is 13.2 Å². The molecule has 0 saturated heterocycles. The molecule has 2 rings (SSSR count). The zero-order valence-corrected chi connectivity index (χ0v) is 12.6. The monoisotopic (exact) mass is 272 g/mol. The predicted molar refractivity (Wildman–Crippen MR) is 80.5 cm³/mol. The smallest absolute Gasteiger partial charge is 0.136 e. The molecular weight excluding hydrogens is 248 g/mol. The van der Waals surface area contributed by atoms with Crippen LogP contribution in [0, 0.1) is 23.2 Å². The summed E-state index contributed by atoms with van der Waals surface area (Å²) in [5, 5.41) is 12.8. The molecule has 20 heavy (non-hydrogen) atoms. The van der Waals surface area contributed by atoms with Gasteiger partial charge in [-0.15, -0.1) is 0 Å².